The van der Waals surface area contributed by atoms with Crippen LogP contribution in [0.4, 0.5) is 4.79 Å². The van der Waals surface area contributed by atoms with Crippen molar-refractivity contribution in [2.75, 3.05) is 39.3 Å². The fraction of sp³-hybridized carbons (Fsp3) is 0.857. The van der Waals surface area contributed by atoms with Crippen LogP contribution in [-0.2, 0) is 4.79 Å². The van der Waals surface area contributed by atoms with Crippen molar-refractivity contribution < 1.29 is 14.7 Å². The van der Waals surface area contributed by atoms with Gasteiger partial charge in [0.1, 0.15) is 0 Å². The number of aliphatic carboxylic acids is 1. The first-order valence-electron chi connectivity index (χ1n) is 7.47. The Morgan fingerprint density at radius 1 is 1.20 bits per heavy atom. The van der Waals surface area contributed by atoms with Gasteiger partial charge >= 0.3 is 12.0 Å². The Morgan fingerprint density at radius 3 is 2.25 bits per heavy atom. The van der Waals surface area contributed by atoms with Crippen molar-refractivity contribution in [1.82, 2.24) is 14.7 Å². The Bertz CT molecular complexity index is 361. The largest absolute Gasteiger partial charge is 0.480 e. The standard InChI is InChI=1S/C14H25N3O3/c1-11(2)9-17(12-3-4-12)14(20)16-7-5-15(6-8-16)10-13(18)19/h11-12H,3-10H2,1-2H3,(H,18,19). The molecular formula is C14H25N3O3. The van der Waals surface area contributed by atoms with E-state index < -0.39 is 5.97 Å². The molecule has 0 bridgehead atoms. The monoisotopic (exact) mass is 283 g/mol. The summed E-state index contributed by atoms with van der Waals surface area (Å²) in [6.45, 7) is 7.72. The van der Waals surface area contributed by atoms with E-state index in [2.05, 4.69) is 13.8 Å². The van der Waals surface area contributed by atoms with E-state index in [1.807, 2.05) is 14.7 Å². The summed E-state index contributed by atoms with van der Waals surface area (Å²) in [6.07, 6.45) is 2.24. The molecule has 1 saturated heterocycles. The minimum Gasteiger partial charge on any atom is -0.480 e. The normalized spacial score (nSPS) is 20.2. The van der Waals surface area contributed by atoms with Gasteiger partial charge in [0.25, 0.3) is 0 Å². The average molecular weight is 283 g/mol. The molecule has 0 aromatic rings. The number of carboxylic acids is 1. The van der Waals surface area contributed by atoms with Gasteiger partial charge in [-0.2, -0.15) is 0 Å². The zero-order valence-electron chi connectivity index (χ0n) is 12.4. The number of urea groups is 1. The second-order valence-electron chi connectivity index (χ2n) is 6.22. The summed E-state index contributed by atoms with van der Waals surface area (Å²) in [6, 6.07) is 0.568. The summed E-state index contributed by atoms with van der Waals surface area (Å²) in [7, 11) is 0. The number of hydrogen-bond donors (Lipinski definition) is 1. The molecule has 1 N–H and O–H groups in total. The molecule has 0 radical (unpaired) electrons. The summed E-state index contributed by atoms with van der Waals surface area (Å²) < 4.78 is 0. The van der Waals surface area contributed by atoms with E-state index in [0.29, 0.717) is 38.1 Å². The van der Waals surface area contributed by atoms with Crippen LogP contribution in [0.5, 0.6) is 0 Å². The van der Waals surface area contributed by atoms with Crippen LogP contribution in [0.15, 0.2) is 0 Å². The molecule has 0 aromatic heterocycles. The maximum absolute atomic E-state index is 12.6. The minimum absolute atomic E-state index is 0.0698. The number of carbonyl (C=O) groups excluding carboxylic acids is 1. The van der Waals surface area contributed by atoms with E-state index in [1.54, 1.807) is 0 Å². The van der Waals surface area contributed by atoms with E-state index in [4.69, 9.17) is 5.11 Å². The number of carboxylic acid groups (broad SMARTS) is 1. The van der Waals surface area contributed by atoms with Gasteiger partial charge < -0.3 is 14.9 Å². The van der Waals surface area contributed by atoms with Gasteiger partial charge in [-0.25, -0.2) is 4.79 Å². The minimum atomic E-state index is -0.802. The molecule has 2 aliphatic rings. The van der Waals surface area contributed by atoms with Crippen LogP contribution in [-0.4, -0.2) is 77.1 Å². The van der Waals surface area contributed by atoms with Crippen LogP contribution >= 0.6 is 0 Å². The van der Waals surface area contributed by atoms with Gasteiger partial charge in [-0.3, -0.25) is 9.69 Å². The Morgan fingerprint density at radius 2 is 1.80 bits per heavy atom. The fourth-order valence-electron chi connectivity index (χ4n) is 2.63. The van der Waals surface area contributed by atoms with Crippen molar-refractivity contribution in [3.05, 3.63) is 0 Å². The first-order valence-corrected chi connectivity index (χ1v) is 7.47. The summed E-state index contributed by atoms with van der Waals surface area (Å²) in [5, 5.41) is 8.78. The maximum atomic E-state index is 12.6. The van der Waals surface area contributed by atoms with E-state index in [9.17, 15) is 9.59 Å². The zero-order chi connectivity index (χ0) is 14.7. The Labute approximate surface area is 120 Å². The van der Waals surface area contributed by atoms with Gasteiger partial charge in [0.2, 0.25) is 0 Å². The number of nitrogens with zero attached hydrogens (tertiary/aromatic N) is 3. The number of amides is 2. The highest BCUT2D eigenvalue weighted by Crippen LogP contribution is 2.28. The third-order valence-electron chi connectivity index (χ3n) is 3.80. The fourth-order valence-corrected chi connectivity index (χ4v) is 2.63. The lowest BCUT2D eigenvalue weighted by molar-refractivity contribution is -0.138. The molecule has 2 fully saturated rings. The lowest BCUT2D eigenvalue weighted by atomic mass is 10.2. The van der Waals surface area contributed by atoms with Crippen LogP contribution in [0, 0.1) is 5.92 Å². The molecule has 20 heavy (non-hydrogen) atoms. The second-order valence-corrected chi connectivity index (χ2v) is 6.22. The number of rotatable bonds is 5. The molecule has 1 aliphatic carbocycles. The molecule has 1 saturated carbocycles. The second kappa shape index (κ2) is 6.43. The van der Waals surface area contributed by atoms with Crippen LogP contribution in [0.25, 0.3) is 0 Å². The van der Waals surface area contributed by atoms with Crippen molar-refractivity contribution >= 4 is 12.0 Å². The highest BCUT2D eigenvalue weighted by molar-refractivity contribution is 5.75. The molecule has 2 amide bonds. The predicted octanol–water partition coefficient (Wildman–Crippen LogP) is 0.929. The lowest BCUT2D eigenvalue weighted by Gasteiger charge is -2.37. The smallest absolute Gasteiger partial charge is 0.320 e. The molecule has 0 aromatic carbocycles. The molecule has 2 rings (SSSR count). The van der Waals surface area contributed by atoms with Crippen molar-refractivity contribution in [1.29, 1.82) is 0 Å². The molecule has 114 valence electrons. The van der Waals surface area contributed by atoms with Crippen LogP contribution in [0.3, 0.4) is 0 Å². The first-order chi connectivity index (χ1) is 9.47. The van der Waals surface area contributed by atoms with Crippen LogP contribution < -0.4 is 0 Å². The molecule has 1 heterocycles. The van der Waals surface area contributed by atoms with Gasteiger partial charge in [-0.1, -0.05) is 13.8 Å². The van der Waals surface area contributed by atoms with Crippen molar-refractivity contribution in [3.63, 3.8) is 0 Å². The lowest BCUT2D eigenvalue weighted by Crippen LogP contribution is -2.54. The zero-order valence-corrected chi connectivity index (χ0v) is 12.4. The number of carbonyl (C=O) groups is 2. The Balaban J connectivity index is 1.85. The Kier molecular flexibility index (Phi) is 4.86. The highest BCUT2D eigenvalue weighted by Gasteiger charge is 2.35. The van der Waals surface area contributed by atoms with Gasteiger partial charge in [0.15, 0.2) is 0 Å². The van der Waals surface area contributed by atoms with E-state index in [1.165, 1.54) is 0 Å². The SMILES string of the molecule is CC(C)CN(C(=O)N1CCN(CC(=O)O)CC1)C1CC1. The van der Waals surface area contributed by atoms with Gasteiger partial charge in [-0.05, 0) is 18.8 Å². The quantitative estimate of drug-likeness (QED) is 0.815. The maximum Gasteiger partial charge on any atom is 0.320 e. The molecule has 6 heteroatoms. The highest BCUT2D eigenvalue weighted by atomic mass is 16.4. The third-order valence-corrected chi connectivity index (χ3v) is 3.80. The van der Waals surface area contributed by atoms with Crippen molar-refractivity contribution in [2.45, 2.75) is 32.7 Å². The molecule has 6 nitrogen and oxygen atoms in total. The predicted molar refractivity (Wildman–Crippen MR) is 75.6 cm³/mol. The first kappa shape index (κ1) is 15.1. The average Bonchev–Trinajstić information content (AvgIpc) is 3.19. The number of piperazine rings is 1. The van der Waals surface area contributed by atoms with E-state index in [0.717, 1.165) is 19.4 Å². The van der Waals surface area contributed by atoms with Crippen LogP contribution in [0.2, 0.25) is 0 Å². The number of hydrogen-bond acceptors (Lipinski definition) is 3. The summed E-state index contributed by atoms with van der Waals surface area (Å²) in [5.41, 5.74) is 0. The van der Waals surface area contributed by atoms with Gasteiger partial charge in [0.05, 0.1) is 6.54 Å². The van der Waals surface area contributed by atoms with Crippen LogP contribution in [0.1, 0.15) is 26.7 Å². The van der Waals surface area contributed by atoms with Gasteiger partial charge in [0, 0.05) is 38.8 Å². The van der Waals surface area contributed by atoms with E-state index in [-0.39, 0.29) is 12.6 Å². The summed E-state index contributed by atoms with van der Waals surface area (Å²) in [5.74, 6) is -0.322. The molecule has 1 aliphatic heterocycles. The third kappa shape index (κ3) is 4.10. The topological polar surface area (TPSA) is 64.1 Å². The summed E-state index contributed by atoms with van der Waals surface area (Å²) in [4.78, 5) is 29.0. The molecule has 0 spiro atoms. The summed E-state index contributed by atoms with van der Waals surface area (Å²) >= 11 is 0. The molecular weight excluding hydrogens is 258 g/mol. The van der Waals surface area contributed by atoms with Crippen molar-refractivity contribution in [2.24, 2.45) is 5.92 Å². The van der Waals surface area contributed by atoms with Crippen molar-refractivity contribution in [3.8, 4) is 0 Å². The van der Waals surface area contributed by atoms with Gasteiger partial charge in [-0.15, -0.1) is 0 Å². The molecule has 0 atom stereocenters. The Hall–Kier alpha value is -1.30. The molecule has 0 unspecified atom stereocenters. The van der Waals surface area contributed by atoms with E-state index >= 15 is 0 Å².